The van der Waals surface area contributed by atoms with Gasteiger partial charge < -0.3 is 24.7 Å². The molecule has 1 atom stereocenters. The van der Waals surface area contributed by atoms with Crippen LogP contribution >= 0.6 is 0 Å². The predicted molar refractivity (Wildman–Crippen MR) is 80.9 cm³/mol. The van der Waals surface area contributed by atoms with Crippen molar-refractivity contribution in [1.29, 1.82) is 0 Å². The molecule has 1 aliphatic heterocycles. The monoisotopic (exact) mass is 318 g/mol. The van der Waals surface area contributed by atoms with E-state index in [9.17, 15) is 15.0 Å². The Bertz CT molecular complexity index is 651. The van der Waals surface area contributed by atoms with Crippen LogP contribution in [0.2, 0.25) is 0 Å². The molecule has 0 unspecified atom stereocenters. The van der Waals surface area contributed by atoms with Crippen molar-refractivity contribution in [3.05, 3.63) is 48.0 Å². The molecule has 122 valence electrons. The molecule has 0 aliphatic carbocycles. The molecule has 1 saturated heterocycles. The first-order valence-electron chi connectivity index (χ1n) is 7.36. The minimum atomic E-state index is -0.641. The second kappa shape index (κ2) is 6.62. The van der Waals surface area contributed by atoms with Gasteiger partial charge in [-0.2, -0.15) is 0 Å². The third-order valence-electron chi connectivity index (χ3n) is 3.70. The van der Waals surface area contributed by atoms with Gasteiger partial charge in [0.05, 0.1) is 19.3 Å². The van der Waals surface area contributed by atoms with E-state index in [1.165, 1.54) is 17.0 Å². The molecule has 23 heavy (non-hydrogen) atoms. The van der Waals surface area contributed by atoms with Crippen LogP contribution in [-0.4, -0.2) is 45.1 Å². The van der Waals surface area contributed by atoms with Gasteiger partial charge in [0, 0.05) is 18.7 Å². The van der Waals surface area contributed by atoms with Crippen molar-refractivity contribution >= 4 is 6.09 Å². The first-order valence-corrected chi connectivity index (χ1v) is 7.36. The van der Waals surface area contributed by atoms with Crippen LogP contribution in [0.5, 0.6) is 11.8 Å². The molecule has 1 aliphatic rings. The largest absolute Gasteiger partial charge is 0.492 e. The smallest absolute Gasteiger partial charge is 0.434 e. The predicted octanol–water partition coefficient (Wildman–Crippen LogP) is 1.74. The summed E-state index contributed by atoms with van der Waals surface area (Å²) in [6.07, 6.45) is 0.0122. The van der Waals surface area contributed by atoms with E-state index in [1.54, 1.807) is 0 Å². The number of carbonyl (C=O) groups excluding carboxylic acids is 1. The number of rotatable bonds is 4. The van der Waals surface area contributed by atoms with Crippen molar-refractivity contribution in [1.82, 2.24) is 9.63 Å². The molecule has 7 heteroatoms. The highest BCUT2D eigenvalue weighted by Crippen LogP contribution is 2.20. The number of hydrogen-bond acceptors (Lipinski definition) is 5. The summed E-state index contributed by atoms with van der Waals surface area (Å²) in [5.74, 6) is -0.682. The van der Waals surface area contributed by atoms with Gasteiger partial charge >= 0.3 is 6.09 Å². The third-order valence-corrected chi connectivity index (χ3v) is 3.70. The van der Waals surface area contributed by atoms with Crippen LogP contribution < -0.4 is 4.84 Å². The van der Waals surface area contributed by atoms with Crippen LogP contribution in [0, 0.1) is 0 Å². The van der Waals surface area contributed by atoms with Gasteiger partial charge in [0.1, 0.15) is 0 Å². The lowest BCUT2D eigenvalue weighted by Crippen LogP contribution is -2.36. The summed E-state index contributed by atoms with van der Waals surface area (Å²) >= 11 is 0. The maximum atomic E-state index is 12.0. The van der Waals surface area contributed by atoms with Crippen molar-refractivity contribution in [3.8, 4) is 11.8 Å². The van der Waals surface area contributed by atoms with Crippen molar-refractivity contribution < 1.29 is 24.6 Å². The Balaban J connectivity index is 1.50. The molecule has 0 bridgehead atoms. The number of carbonyl (C=O) groups is 1. The fraction of sp³-hybridized carbons (Fsp3) is 0.312. The number of amides is 1. The number of nitrogens with zero attached hydrogens (tertiary/aromatic N) is 2. The molecule has 0 radical (unpaired) electrons. The second-order valence-electron chi connectivity index (χ2n) is 5.35. The minimum absolute atomic E-state index is 0.0605. The summed E-state index contributed by atoms with van der Waals surface area (Å²) in [5.41, 5.74) is 1.08. The van der Waals surface area contributed by atoms with Crippen LogP contribution in [0.3, 0.4) is 0 Å². The number of hydrogen-bond donors (Lipinski definition) is 2. The van der Waals surface area contributed by atoms with E-state index in [1.807, 2.05) is 30.3 Å². The van der Waals surface area contributed by atoms with E-state index in [0.717, 1.165) is 5.56 Å². The molecular weight excluding hydrogens is 300 g/mol. The van der Waals surface area contributed by atoms with Gasteiger partial charge in [0.2, 0.25) is 11.8 Å². The molecule has 3 rings (SSSR count). The van der Waals surface area contributed by atoms with Crippen molar-refractivity contribution in [2.24, 2.45) is 0 Å². The summed E-state index contributed by atoms with van der Waals surface area (Å²) in [6, 6.07) is 12.3. The summed E-state index contributed by atoms with van der Waals surface area (Å²) in [4.78, 5) is 18.5. The van der Waals surface area contributed by atoms with Gasteiger partial charge in [-0.25, -0.2) is 4.79 Å². The summed E-state index contributed by atoms with van der Waals surface area (Å²) in [7, 11) is 0. The molecule has 2 heterocycles. The zero-order valence-corrected chi connectivity index (χ0v) is 12.5. The Morgan fingerprint density at radius 2 is 1.83 bits per heavy atom. The average Bonchev–Trinajstić information content (AvgIpc) is 3.16. The Hall–Kier alpha value is -2.67. The highest BCUT2D eigenvalue weighted by molar-refractivity contribution is 5.68. The molecule has 2 N–H and O–H groups in total. The fourth-order valence-electron chi connectivity index (χ4n) is 2.45. The highest BCUT2D eigenvalue weighted by atomic mass is 16.7. The molecule has 0 saturated carbocycles. The lowest BCUT2D eigenvalue weighted by Gasteiger charge is -2.17. The van der Waals surface area contributed by atoms with Gasteiger partial charge in [0.25, 0.3) is 0 Å². The molecule has 1 amide bonds. The molecule has 0 spiro atoms. The van der Waals surface area contributed by atoms with Gasteiger partial charge in [0.15, 0.2) is 0 Å². The number of aromatic hydroxyl groups is 2. The maximum absolute atomic E-state index is 12.0. The summed E-state index contributed by atoms with van der Waals surface area (Å²) < 4.78 is 6.48. The minimum Gasteiger partial charge on any atom is -0.492 e. The normalized spacial score (nSPS) is 17.4. The molecule has 2 aromatic rings. The van der Waals surface area contributed by atoms with E-state index in [2.05, 4.69) is 0 Å². The van der Waals surface area contributed by atoms with E-state index >= 15 is 0 Å². The van der Waals surface area contributed by atoms with Crippen molar-refractivity contribution in [2.45, 2.75) is 19.1 Å². The van der Waals surface area contributed by atoms with E-state index in [0.29, 0.717) is 30.8 Å². The molecular formula is C16H18N2O5. The standard InChI is InChI=1S/C16H18N2O5/c19-14-6-7-15(20)18(14)23-16(21)17-9-8-13(10-17)22-11-12-4-2-1-3-5-12/h1-7,13,19-20H,8-11H2/t13-/m0/s1. The van der Waals surface area contributed by atoms with E-state index in [-0.39, 0.29) is 17.9 Å². The van der Waals surface area contributed by atoms with Gasteiger partial charge in [-0.1, -0.05) is 30.3 Å². The molecule has 1 aromatic heterocycles. The van der Waals surface area contributed by atoms with Crippen molar-refractivity contribution in [2.75, 3.05) is 13.1 Å². The van der Waals surface area contributed by atoms with Crippen LogP contribution in [0.4, 0.5) is 4.79 Å². The number of likely N-dealkylation sites (tertiary alicyclic amines) is 1. The van der Waals surface area contributed by atoms with Crippen LogP contribution in [0.25, 0.3) is 0 Å². The van der Waals surface area contributed by atoms with Gasteiger partial charge in [-0.3, -0.25) is 0 Å². The van der Waals surface area contributed by atoms with Gasteiger partial charge in [-0.15, -0.1) is 4.73 Å². The average molecular weight is 318 g/mol. The highest BCUT2D eigenvalue weighted by Gasteiger charge is 2.29. The summed E-state index contributed by atoms with van der Waals surface area (Å²) in [5, 5.41) is 18.9. The topological polar surface area (TPSA) is 84.2 Å². The first kappa shape index (κ1) is 15.2. The van der Waals surface area contributed by atoms with Crippen LogP contribution in [0.15, 0.2) is 42.5 Å². The first-order chi connectivity index (χ1) is 11.1. The molecule has 1 aromatic carbocycles. The van der Waals surface area contributed by atoms with E-state index < -0.39 is 6.09 Å². The zero-order chi connectivity index (χ0) is 16.2. The van der Waals surface area contributed by atoms with E-state index in [4.69, 9.17) is 9.57 Å². The Kier molecular flexibility index (Phi) is 4.38. The Labute approximate surface area is 133 Å². The zero-order valence-electron chi connectivity index (χ0n) is 12.5. The molecule has 1 fully saturated rings. The van der Waals surface area contributed by atoms with Gasteiger partial charge in [-0.05, 0) is 12.0 Å². The maximum Gasteiger partial charge on any atom is 0.434 e. The number of aromatic nitrogens is 1. The lowest BCUT2D eigenvalue weighted by molar-refractivity contribution is 0.0407. The number of ether oxygens (including phenoxy) is 1. The number of benzene rings is 1. The Morgan fingerprint density at radius 1 is 1.13 bits per heavy atom. The quantitative estimate of drug-likeness (QED) is 0.897. The Morgan fingerprint density at radius 3 is 2.52 bits per heavy atom. The van der Waals surface area contributed by atoms with Crippen molar-refractivity contribution in [3.63, 3.8) is 0 Å². The van der Waals surface area contributed by atoms with Crippen LogP contribution in [-0.2, 0) is 11.3 Å². The second-order valence-corrected chi connectivity index (χ2v) is 5.35. The lowest BCUT2D eigenvalue weighted by atomic mass is 10.2. The summed E-state index contributed by atoms with van der Waals surface area (Å²) in [6.45, 7) is 1.41. The third kappa shape index (κ3) is 3.57. The van der Waals surface area contributed by atoms with Crippen LogP contribution in [0.1, 0.15) is 12.0 Å². The molecule has 7 nitrogen and oxygen atoms in total. The fourth-order valence-corrected chi connectivity index (χ4v) is 2.45. The SMILES string of the molecule is O=C(On1c(O)ccc1O)N1CC[C@H](OCc2ccccc2)C1.